The Morgan fingerprint density at radius 1 is 1.15 bits per heavy atom. The van der Waals surface area contributed by atoms with Crippen molar-refractivity contribution < 1.29 is 4.74 Å². The topological polar surface area (TPSA) is 34.5 Å². The molecule has 0 saturated carbocycles. The van der Waals surface area contributed by atoms with Crippen molar-refractivity contribution in [2.75, 3.05) is 19.6 Å². The van der Waals surface area contributed by atoms with E-state index in [4.69, 9.17) is 4.74 Å². The molecule has 3 rings (SSSR count). The van der Waals surface area contributed by atoms with Gasteiger partial charge >= 0.3 is 0 Å². The fourth-order valence-electron chi connectivity index (χ4n) is 3.44. The summed E-state index contributed by atoms with van der Waals surface area (Å²) in [7, 11) is 0. The van der Waals surface area contributed by atoms with E-state index in [-0.39, 0.29) is 11.6 Å². The highest BCUT2D eigenvalue weighted by atomic mass is 79.9. The first-order valence-corrected chi connectivity index (χ1v) is 9.92. The smallest absolute Gasteiger partial charge is 0.268 e. The molecule has 1 aromatic carbocycles. The first-order valence-electron chi connectivity index (χ1n) is 9.13. The minimum atomic E-state index is -0.00718. The van der Waals surface area contributed by atoms with E-state index in [1.165, 1.54) is 5.92 Å². The summed E-state index contributed by atoms with van der Waals surface area (Å²) < 4.78 is 8.21. The number of ether oxygens (including phenoxy) is 1. The molecule has 1 fully saturated rings. The lowest BCUT2D eigenvalue weighted by Gasteiger charge is -2.33. The highest BCUT2D eigenvalue weighted by Gasteiger charge is 2.23. The Balaban J connectivity index is 1.65. The number of hydrogen-bond acceptors (Lipinski definition) is 3. The van der Waals surface area contributed by atoms with Crippen LogP contribution in [0.1, 0.15) is 38.3 Å². The molecule has 1 aromatic heterocycles. The van der Waals surface area contributed by atoms with E-state index in [0.29, 0.717) is 16.8 Å². The van der Waals surface area contributed by atoms with Gasteiger partial charge in [0.15, 0.2) is 0 Å². The predicted octanol–water partition coefficient (Wildman–Crippen LogP) is 4.44. The fraction of sp³-hybridized carbons (Fsp3) is 0.429. The van der Waals surface area contributed by atoms with Crippen molar-refractivity contribution in [3.05, 3.63) is 68.9 Å². The standard InChI is InChI=1S/C21H26BrN2O2/c1-16(2)14-23-11-8-18(9-12-23)24-13-10-19(20(22)21(24)25)26-15-17-6-4-3-5-7-17/h3-7,10,13,18H,8-9,11-12,14-15H2,1-2H3. The highest BCUT2D eigenvalue weighted by molar-refractivity contribution is 9.10. The maximum absolute atomic E-state index is 12.8. The lowest BCUT2D eigenvalue weighted by atomic mass is 10.0. The number of pyridine rings is 1. The van der Waals surface area contributed by atoms with E-state index >= 15 is 0 Å². The fourth-order valence-corrected chi connectivity index (χ4v) is 3.90. The molecule has 1 saturated heterocycles. The van der Waals surface area contributed by atoms with Crippen LogP contribution in [0.3, 0.4) is 0 Å². The molecule has 1 radical (unpaired) electrons. The average Bonchev–Trinajstić information content (AvgIpc) is 2.64. The summed E-state index contributed by atoms with van der Waals surface area (Å²) in [5, 5.41) is 0. The largest absolute Gasteiger partial charge is 0.487 e. The summed E-state index contributed by atoms with van der Waals surface area (Å²) in [6.07, 6.45) is 3.89. The number of nitrogens with zero attached hydrogens (tertiary/aromatic N) is 2. The highest BCUT2D eigenvalue weighted by Crippen LogP contribution is 2.26. The summed E-state index contributed by atoms with van der Waals surface area (Å²) in [5.74, 6) is 2.03. The Labute approximate surface area is 163 Å². The van der Waals surface area contributed by atoms with Crippen molar-refractivity contribution in [3.8, 4) is 5.75 Å². The summed E-state index contributed by atoms with van der Waals surface area (Å²) in [6, 6.07) is 12.1. The molecular formula is C21H26BrN2O2. The third kappa shape index (κ3) is 4.77. The van der Waals surface area contributed by atoms with Crippen LogP contribution in [0.2, 0.25) is 0 Å². The second-order valence-corrected chi connectivity index (χ2v) is 7.99. The molecular weight excluding hydrogens is 392 g/mol. The number of rotatable bonds is 6. The maximum Gasteiger partial charge on any atom is 0.268 e. The lowest BCUT2D eigenvalue weighted by Crippen LogP contribution is -2.38. The average molecular weight is 418 g/mol. The van der Waals surface area contributed by atoms with E-state index in [0.717, 1.165) is 38.0 Å². The van der Waals surface area contributed by atoms with E-state index in [2.05, 4.69) is 34.7 Å². The zero-order valence-electron chi connectivity index (χ0n) is 15.5. The third-order valence-corrected chi connectivity index (χ3v) is 5.48. The van der Waals surface area contributed by atoms with Crippen LogP contribution in [-0.2, 0) is 6.61 Å². The molecule has 26 heavy (non-hydrogen) atoms. The van der Waals surface area contributed by atoms with Crippen LogP contribution in [0.5, 0.6) is 5.75 Å². The Bertz CT molecular complexity index is 765. The molecule has 4 nitrogen and oxygen atoms in total. The SMILES string of the molecule is C[C](C)CN1CCC(n2ccc(OCc3ccccc3)c(Br)c2=O)CC1. The van der Waals surface area contributed by atoms with E-state index < -0.39 is 0 Å². The summed E-state index contributed by atoms with van der Waals surface area (Å²) in [4.78, 5) is 15.2. The van der Waals surface area contributed by atoms with Crippen molar-refractivity contribution in [2.24, 2.45) is 0 Å². The first kappa shape index (κ1) is 19.2. The first-order chi connectivity index (χ1) is 12.5. The van der Waals surface area contributed by atoms with Crippen LogP contribution in [0, 0.1) is 5.92 Å². The lowest BCUT2D eigenvalue weighted by molar-refractivity contribution is 0.190. The minimum absolute atomic E-state index is 0.00718. The van der Waals surface area contributed by atoms with Gasteiger partial charge in [-0.2, -0.15) is 0 Å². The number of benzene rings is 1. The Morgan fingerprint density at radius 3 is 2.50 bits per heavy atom. The van der Waals surface area contributed by atoms with Crippen LogP contribution >= 0.6 is 15.9 Å². The molecule has 2 aromatic rings. The Kier molecular flexibility index (Phi) is 6.54. The molecule has 139 valence electrons. The van der Waals surface area contributed by atoms with Gasteiger partial charge in [0, 0.05) is 31.9 Å². The van der Waals surface area contributed by atoms with Crippen molar-refractivity contribution in [3.63, 3.8) is 0 Å². The summed E-state index contributed by atoms with van der Waals surface area (Å²) in [5.41, 5.74) is 1.08. The monoisotopic (exact) mass is 417 g/mol. The van der Waals surface area contributed by atoms with E-state index in [1.807, 2.05) is 47.2 Å². The van der Waals surface area contributed by atoms with Crippen LogP contribution in [-0.4, -0.2) is 29.1 Å². The number of aromatic nitrogens is 1. The van der Waals surface area contributed by atoms with Gasteiger partial charge in [0.05, 0.1) is 0 Å². The Morgan fingerprint density at radius 2 is 1.85 bits per heavy atom. The third-order valence-electron chi connectivity index (χ3n) is 4.75. The molecule has 0 amide bonds. The zero-order chi connectivity index (χ0) is 18.5. The number of halogens is 1. The normalized spacial score (nSPS) is 16.2. The van der Waals surface area contributed by atoms with Crippen LogP contribution in [0.25, 0.3) is 0 Å². The van der Waals surface area contributed by atoms with Crippen molar-refractivity contribution in [1.82, 2.24) is 9.47 Å². The minimum Gasteiger partial charge on any atom is -0.487 e. The molecule has 0 unspecified atom stereocenters. The molecule has 1 aliphatic rings. The van der Waals surface area contributed by atoms with Gasteiger partial charge in [-0.3, -0.25) is 4.79 Å². The van der Waals surface area contributed by atoms with Gasteiger partial charge in [-0.1, -0.05) is 44.2 Å². The molecule has 0 spiro atoms. The predicted molar refractivity (Wildman–Crippen MR) is 108 cm³/mol. The van der Waals surface area contributed by atoms with E-state index in [9.17, 15) is 4.79 Å². The molecule has 5 heteroatoms. The number of piperidine rings is 1. The molecule has 1 aliphatic heterocycles. The van der Waals surface area contributed by atoms with Gasteiger partial charge in [-0.05, 0) is 46.3 Å². The van der Waals surface area contributed by atoms with Crippen molar-refractivity contribution in [2.45, 2.75) is 39.3 Å². The van der Waals surface area contributed by atoms with Crippen molar-refractivity contribution >= 4 is 15.9 Å². The van der Waals surface area contributed by atoms with Gasteiger partial charge < -0.3 is 14.2 Å². The van der Waals surface area contributed by atoms with E-state index in [1.54, 1.807) is 0 Å². The van der Waals surface area contributed by atoms with Crippen LogP contribution in [0.15, 0.2) is 51.9 Å². The molecule has 0 atom stereocenters. The maximum atomic E-state index is 12.8. The van der Waals surface area contributed by atoms with Crippen LogP contribution < -0.4 is 10.3 Å². The molecule has 2 heterocycles. The second-order valence-electron chi connectivity index (χ2n) is 7.20. The quantitative estimate of drug-likeness (QED) is 0.696. The Hall–Kier alpha value is -1.59. The molecule has 0 bridgehead atoms. The summed E-state index contributed by atoms with van der Waals surface area (Å²) in [6.45, 7) is 7.91. The van der Waals surface area contributed by atoms with Gasteiger partial charge in [0.2, 0.25) is 0 Å². The van der Waals surface area contributed by atoms with Crippen molar-refractivity contribution in [1.29, 1.82) is 0 Å². The van der Waals surface area contributed by atoms with Gasteiger partial charge in [-0.15, -0.1) is 0 Å². The van der Waals surface area contributed by atoms with Gasteiger partial charge in [-0.25, -0.2) is 0 Å². The second kappa shape index (κ2) is 8.87. The molecule has 0 N–H and O–H groups in total. The number of hydrogen-bond donors (Lipinski definition) is 0. The zero-order valence-corrected chi connectivity index (χ0v) is 17.0. The van der Waals surface area contributed by atoms with Gasteiger partial charge in [0.25, 0.3) is 5.56 Å². The number of likely N-dealkylation sites (tertiary alicyclic amines) is 1. The summed E-state index contributed by atoms with van der Waals surface area (Å²) >= 11 is 3.44. The van der Waals surface area contributed by atoms with Gasteiger partial charge in [0.1, 0.15) is 16.8 Å². The van der Waals surface area contributed by atoms with Crippen LogP contribution in [0.4, 0.5) is 0 Å². The molecule has 0 aliphatic carbocycles.